The Morgan fingerprint density at radius 1 is 1.19 bits per heavy atom. The number of nitrogens with two attached hydrogens (primary N) is 1. The highest BCUT2D eigenvalue weighted by atomic mass is 32.2. The molecule has 1 heterocycles. The van der Waals surface area contributed by atoms with E-state index in [0.717, 1.165) is 30.5 Å². The van der Waals surface area contributed by atoms with E-state index in [-0.39, 0.29) is 5.69 Å². The van der Waals surface area contributed by atoms with Gasteiger partial charge in [0, 0.05) is 11.9 Å². The monoisotopic (exact) mass is 313 g/mol. The fraction of sp³-hybridized carbons (Fsp3) is 0. The zero-order valence-corrected chi connectivity index (χ0v) is 11.2. The minimum absolute atomic E-state index is 0.143. The van der Waals surface area contributed by atoms with Gasteiger partial charge in [-0.1, -0.05) is 0 Å². The molecule has 21 heavy (non-hydrogen) atoms. The van der Waals surface area contributed by atoms with Gasteiger partial charge in [-0.3, -0.25) is 9.52 Å². The summed E-state index contributed by atoms with van der Waals surface area (Å²) in [7, 11) is -4.31. The molecule has 6 nitrogen and oxygen atoms in total. The van der Waals surface area contributed by atoms with E-state index >= 15 is 0 Å². The van der Waals surface area contributed by atoms with E-state index in [1.54, 1.807) is 0 Å². The molecule has 0 atom stereocenters. The quantitative estimate of drug-likeness (QED) is 0.887. The van der Waals surface area contributed by atoms with Gasteiger partial charge in [0.1, 0.15) is 5.82 Å². The third kappa shape index (κ3) is 3.14. The molecule has 2 aromatic rings. The fourth-order valence-corrected chi connectivity index (χ4v) is 2.61. The van der Waals surface area contributed by atoms with E-state index in [9.17, 15) is 22.0 Å². The molecule has 0 fully saturated rings. The Kier molecular flexibility index (Phi) is 3.85. The Balaban J connectivity index is 2.40. The maximum absolute atomic E-state index is 13.4. The van der Waals surface area contributed by atoms with Crippen molar-refractivity contribution >= 4 is 21.6 Å². The van der Waals surface area contributed by atoms with Gasteiger partial charge in [0.05, 0.1) is 5.56 Å². The Hall–Kier alpha value is -2.55. The van der Waals surface area contributed by atoms with E-state index in [2.05, 4.69) is 4.98 Å². The number of anilines is 1. The number of nitrogens with one attached hydrogen (secondary N) is 1. The summed E-state index contributed by atoms with van der Waals surface area (Å²) in [6.07, 6.45) is 1.11. The Morgan fingerprint density at radius 3 is 2.52 bits per heavy atom. The van der Waals surface area contributed by atoms with Gasteiger partial charge in [-0.2, -0.15) is 8.42 Å². The summed E-state index contributed by atoms with van der Waals surface area (Å²) in [4.78, 5) is 14.4. The molecular weight excluding hydrogens is 304 g/mol. The minimum Gasteiger partial charge on any atom is -0.366 e. The van der Waals surface area contributed by atoms with Crippen LogP contribution in [0.4, 0.5) is 14.5 Å². The summed E-state index contributed by atoms with van der Waals surface area (Å²) < 4.78 is 52.7. The molecule has 0 unspecified atom stereocenters. The molecule has 2 rings (SSSR count). The van der Waals surface area contributed by atoms with E-state index in [0.29, 0.717) is 0 Å². The summed E-state index contributed by atoms with van der Waals surface area (Å²) in [6, 6.07) is 5.02. The van der Waals surface area contributed by atoms with Crippen LogP contribution in [-0.4, -0.2) is 19.3 Å². The van der Waals surface area contributed by atoms with Crippen molar-refractivity contribution < 1.29 is 22.0 Å². The Labute approximate surface area is 118 Å². The van der Waals surface area contributed by atoms with Gasteiger partial charge in [-0.25, -0.2) is 13.8 Å². The number of carbonyl (C=O) groups is 1. The van der Waals surface area contributed by atoms with Crippen molar-refractivity contribution in [2.75, 3.05) is 4.72 Å². The summed E-state index contributed by atoms with van der Waals surface area (Å²) in [5.74, 6) is -2.99. The van der Waals surface area contributed by atoms with Gasteiger partial charge in [0.25, 0.3) is 15.9 Å². The van der Waals surface area contributed by atoms with Crippen LogP contribution in [-0.2, 0) is 10.0 Å². The smallest absolute Gasteiger partial charge is 0.282 e. The van der Waals surface area contributed by atoms with Gasteiger partial charge in [-0.05, 0) is 30.3 Å². The zero-order valence-electron chi connectivity index (χ0n) is 10.4. The summed E-state index contributed by atoms with van der Waals surface area (Å²) in [6.45, 7) is 0. The topological polar surface area (TPSA) is 102 Å². The van der Waals surface area contributed by atoms with Gasteiger partial charge in [-0.15, -0.1) is 0 Å². The molecule has 0 radical (unpaired) electrons. The van der Waals surface area contributed by atoms with Crippen LogP contribution in [0, 0.1) is 11.6 Å². The number of halogens is 2. The van der Waals surface area contributed by atoms with Crippen molar-refractivity contribution in [3.63, 3.8) is 0 Å². The molecule has 0 aliphatic rings. The van der Waals surface area contributed by atoms with Crippen molar-refractivity contribution in [1.82, 2.24) is 4.98 Å². The average molecular weight is 313 g/mol. The third-order valence-electron chi connectivity index (χ3n) is 2.46. The standard InChI is InChI=1S/C12H9F2N3O3S/c13-9-4-3-7(6-8(9)11(15)18)17-21(19,20)12-10(14)2-1-5-16-12/h1-6,17H,(H2,15,18). The molecule has 1 amide bonds. The first-order valence-corrected chi connectivity index (χ1v) is 7.02. The largest absolute Gasteiger partial charge is 0.366 e. The number of nitrogens with zero attached hydrogens (tertiary/aromatic N) is 1. The molecule has 0 aliphatic carbocycles. The highest BCUT2D eigenvalue weighted by molar-refractivity contribution is 7.92. The summed E-state index contributed by atoms with van der Waals surface area (Å²) >= 11 is 0. The lowest BCUT2D eigenvalue weighted by atomic mass is 10.2. The van der Waals surface area contributed by atoms with E-state index in [1.807, 2.05) is 4.72 Å². The molecule has 110 valence electrons. The van der Waals surface area contributed by atoms with Crippen LogP contribution < -0.4 is 10.5 Å². The molecule has 9 heteroatoms. The first-order chi connectivity index (χ1) is 9.81. The number of amides is 1. The number of rotatable bonds is 4. The highest BCUT2D eigenvalue weighted by Crippen LogP contribution is 2.19. The number of aromatic nitrogens is 1. The van der Waals surface area contributed by atoms with Crippen LogP contribution in [0.3, 0.4) is 0 Å². The number of carbonyl (C=O) groups excluding carboxylic acids is 1. The normalized spacial score (nSPS) is 11.1. The number of hydrogen-bond donors (Lipinski definition) is 2. The van der Waals surface area contributed by atoms with Crippen LogP contribution in [0.1, 0.15) is 10.4 Å². The predicted octanol–water partition coefficient (Wildman–Crippen LogP) is 1.26. The van der Waals surface area contributed by atoms with Crippen LogP contribution >= 0.6 is 0 Å². The molecule has 0 spiro atoms. The Morgan fingerprint density at radius 2 is 1.90 bits per heavy atom. The third-order valence-corrected chi connectivity index (χ3v) is 3.78. The van der Waals surface area contributed by atoms with E-state index < -0.39 is 38.2 Å². The number of hydrogen-bond acceptors (Lipinski definition) is 4. The van der Waals surface area contributed by atoms with Crippen molar-refractivity contribution in [3.8, 4) is 0 Å². The van der Waals surface area contributed by atoms with Crippen molar-refractivity contribution in [2.24, 2.45) is 5.73 Å². The van der Waals surface area contributed by atoms with E-state index in [1.165, 1.54) is 6.07 Å². The fourth-order valence-electron chi connectivity index (χ4n) is 1.55. The number of benzene rings is 1. The van der Waals surface area contributed by atoms with Gasteiger partial charge in [0.2, 0.25) is 5.03 Å². The van der Waals surface area contributed by atoms with Gasteiger partial charge >= 0.3 is 0 Å². The van der Waals surface area contributed by atoms with Crippen molar-refractivity contribution in [2.45, 2.75) is 5.03 Å². The molecule has 0 saturated heterocycles. The lowest BCUT2D eigenvalue weighted by Gasteiger charge is -2.09. The van der Waals surface area contributed by atoms with Gasteiger partial charge < -0.3 is 5.73 Å². The van der Waals surface area contributed by atoms with Crippen LogP contribution in [0.5, 0.6) is 0 Å². The predicted molar refractivity (Wildman–Crippen MR) is 69.9 cm³/mol. The molecule has 0 aliphatic heterocycles. The Bertz CT molecular complexity index is 809. The maximum atomic E-state index is 13.4. The maximum Gasteiger partial charge on any atom is 0.282 e. The second kappa shape index (κ2) is 5.44. The van der Waals surface area contributed by atoms with Crippen LogP contribution in [0.25, 0.3) is 0 Å². The van der Waals surface area contributed by atoms with Gasteiger partial charge in [0.15, 0.2) is 5.82 Å². The number of sulfonamides is 1. The average Bonchev–Trinajstić information content (AvgIpc) is 2.40. The second-order valence-electron chi connectivity index (χ2n) is 3.95. The zero-order chi connectivity index (χ0) is 15.6. The summed E-state index contributed by atoms with van der Waals surface area (Å²) in [5.41, 5.74) is 4.32. The van der Waals surface area contributed by atoms with Crippen molar-refractivity contribution in [3.05, 3.63) is 53.7 Å². The van der Waals surface area contributed by atoms with Crippen LogP contribution in [0.2, 0.25) is 0 Å². The minimum atomic E-state index is -4.31. The van der Waals surface area contributed by atoms with Crippen LogP contribution in [0.15, 0.2) is 41.6 Å². The number of primary amides is 1. The first-order valence-electron chi connectivity index (χ1n) is 5.54. The lowest BCUT2D eigenvalue weighted by molar-refractivity contribution is 0.0996. The number of pyridine rings is 1. The molecule has 3 N–H and O–H groups in total. The molecule has 0 bridgehead atoms. The highest BCUT2D eigenvalue weighted by Gasteiger charge is 2.21. The molecule has 1 aromatic carbocycles. The second-order valence-corrected chi connectivity index (χ2v) is 5.55. The van der Waals surface area contributed by atoms with Crippen molar-refractivity contribution in [1.29, 1.82) is 0 Å². The molecular formula is C12H9F2N3O3S. The first kappa shape index (κ1) is 14.9. The van der Waals surface area contributed by atoms with E-state index in [4.69, 9.17) is 5.73 Å². The SMILES string of the molecule is NC(=O)c1cc(NS(=O)(=O)c2ncccc2F)ccc1F. The molecule has 1 aromatic heterocycles. The lowest BCUT2D eigenvalue weighted by Crippen LogP contribution is -2.18. The summed E-state index contributed by atoms with van der Waals surface area (Å²) in [5, 5.41) is -0.810. The molecule has 0 saturated carbocycles.